The Hall–Kier alpha value is -1.51. The predicted molar refractivity (Wildman–Crippen MR) is 105 cm³/mol. The summed E-state index contributed by atoms with van der Waals surface area (Å²) in [6.45, 7) is 2.15. The maximum atomic E-state index is 12.0. The molecule has 2 N–H and O–H groups in total. The molecule has 1 rings (SSSR count). The van der Waals surface area contributed by atoms with E-state index in [1.54, 1.807) is 12.1 Å². The molecular formula is C17H27N3O3S2. The first-order valence-electron chi connectivity index (χ1n) is 8.40. The van der Waals surface area contributed by atoms with Crippen molar-refractivity contribution in [2.24, 2.45) is 0 Å². The molecule has 0 aliphatic rings. The molecule has 0 atom stereocenters. The van der Waals surface area contributed by atoms with Crippen LogP contribution in [-0.2, 0) is 14.8 Å². The van der Waals surface area contributed by atoms with Crippen LogP contribution in [0.2, 0.25) is 0 Å². The summed E-state index contributed by atoms with van der Waals surface area (Å²) in [7, 11) is -0.494. The van der Waals surface area contributed by atoms with Gasteiger partial charge in [-0.2, -0.15) is 0 Å². The Morgan fingerprint density at radius 3 is 2.24 bits per heavy atom. The minimum Gasteiger partial charge on any atom is -0.332 e. The van der Waals surface area contributed by atoms with E-state index in [1.165, 1.54) is 39.1 Å². The topological polar surface area (TPSA) is 78.5 Å². The molecule has 0 spiro atoms. The van der Waals surface area contributed by atoms with Gasteiger partial charge < -0.3 is 10.6 Å². The lowest BCUT2D eigenvalue weighted by atomic mass is 10.1. The van der Waals surface area contributed by atoms with E-state index in [0.29, 0.717) is 12.1 Å². The van der Waals surface area contributed by atoms with E-state index in [-0.39, 0.29) is 15.9 Å². The second-order valence-corrected chi connectivity index (χ2v) is 8.54. The fourth-order valence-corrected chi connectivity index (χ4v) is 3.29. The average Bonchev–Trinajstić information content (AvgIpc) is 2.54. The second kappa shape index (κ2) is 10.5. The number of anilines is 1. The van der Waals surface area contributed by atoms with Crippen LogP contribution in [0.3, 0.4) is 0 Å². The zero-order valence-corrected chi connectivity index (χ0v) is 16.7. The molecule has 1 amide bonds. The molecule has 6 nitrogen and oxygen atoms in total. The van der Waals surface area contributed by atoms with Gasteiger partial charge in [-0.25, -0.2) is 12.7 Å². The second-order valence-electron chi connectivity index (χ2n) is 5.98. The quantitative estimate of drug-likeness (QED) is 0.504. The van der Waals surface area contributed by atoms with Crippen LogP contribution in [0.1, 0.15) is 45.4 Å². The molecular weight excluding hydrogens is 358 g/mol. The number of hydrogen-bond acceptors (Lipinski definition) is 4. The van der Waals surface area contributed by atoms with Crippen LogP contribution in [0.5, 0.6) is 0 Å². The molecule has 0 saturated heterocycles. The van der Waals surface area contributed by atoms with Crippen molar-refractivity contribution in [3.8, 4) is 0 Å². The third kappa shape index (κ3) is 7.50. The number of hydrogen-bond donors (Lipinski definition) is 2. The summed E-state index contributed by atoms with van der Waals surface area (Å²) >= 11 is 5.11. The highest BCUT2D eigenvalue weighted by Crippen LogP contribution is 2.16. The number of unbranched alkanes of at least 4 members (excludes halogenated alkanes) is 4. The Balaban J connectivity index is 2.46. The maximum absolute atomic E-state index is 12.0. The summed E-state index contributed by atoms with van der Waals surface area (Å²) < 4.78 is 25.2. The van der Waals surface area contributed by atoms with Crippen molar-refractivity contribution >= 4 is 38.9 Å². The smallest absolute Gasteiger partial charge is 0.242 e. The van der Waals surface area contributed by atoms with Crippen LogP contribution in [-0.4, -0.2) is 37.8 Å². The molecule has 0 bridgehead atoms. The van der Waals surface area contributed by atoms with Crippen molar-refractivity contribution in [1.29, 1.82) is 0 Å². The highest BCUT2D eigenvalue weighted by Gasteiger charge is 2.16. The van der Waals surface area contributed by atoms with Crippen molar-refractivity contribution in [2.75, 3.05) is 19.4 Å². The van der Waals surface area contributed by atoms with Gasteiger partial charge in [0.1, 0.15) is 0 Å². The lowest BCUT2D eigenvalue weighted by Gasteiger charge is -2.13. The summed E-state index contributed by atoms with van der Waals surface area (Å²) in [6, 6.07) is 6.21. The van der Waals surface area contributed by atoms with E-state index in [2.05, 4.69) is 17.6 Å². The van der Waals surface area contributed by atoms with E-state index in [9.17, 15) is 13.2 Å². The van der Waals surface area contributed by atoms with E-state index in [0.717, 1.165) is 23.6 Å². The zero-order chi connectivity index (χ0) is 18.9. The van der Waals surface area contributed by atoms with E-state index in [1.807, 2.05) is 0 Å². The van der Waals surface area contributed by atoms with Crippen LogP contribution in [0.4, 0.5) is 5.69 Å². The summed E-state index contributed by atoms with van der Waals surface area (Å²) in [5, 5.41) is 5.73. The average molecular weight is 386 g/mol. The number of sulfonamides is 1. The zero-order valence-electron chi connectivity index (χ0n) is 15.0. The predicted octanol–water partition coefficient (Wildman–Crippen LogP) is 3.11. The van der Waals surface area contributed by atoms with Crippen molar-refractivity contribution in [1.82, 2.24) is 9.62 Å². The third-order valence-electron chi connectivity index (χ3n) is 3.65. The molecule has 0 aliphatic carbocycles. The lowest BCUT2D eigenvalue weighted by molar-refractivity contribution is -0.119. The molecule has 8 heteroatoms. The molecule has 140 valence electrons. The van der Waals surface area contributed by atoms with E-state index in [4.69, 9.17) is 12.2 Å². The first-order chi connectivity index (χ1) is 11.8. The standard InChI is InChI=1S/C17H27N3O3S2/c1-4-5-6-7-8-9-16(21)19-17(24)18-14-10-12-15(13-11-14)25(22,23)20(2)3/h10-13H,4-9H2,1-3H3,(H2,18,19,21,24). The molecule has 0 saturated carbocycles. The third-order valence-corrected chi connectivity index (χ3v) is 5.68. The van der Waals surface area contributed by atoms with Crippen LogP contribution in [0.25, 0.3) is 0 Å². The molecule has 1 aromatic rings. The molecule has 1 aromatic carbocycles. The highest BCUT2D eigenvalue weighted by molar-refractivity contribution is 7.89. The Morgan fingerprint density at radius 2 is 1.68 bits per heavy atom. The molecule has 25 heavy (non-hydrogen) atoms. The molecule has 0 fully saturated rings. The van der Waals surface area contributed by atoms with Crippen LogP contribution in [0, 0.1) is 0 Å². The molecule has 0 unspecified atom stereocenters. The largest absolute Gasteiger partial charge is 0.332 e. The number of nitrogens with one attached hydrogen (secondary N) is 2. The maximum Gasteiger partial charge on any atom is 0.242 e. The molecule has 0 aliphatic heterocycles. The summed E-state index contributed by atoms with van der Waals surface area (Å²) in [5.74, 6) is -0.110. The Morgan fingerprint density at radius 1 is 1.08 bits per heavy atom. The van der Waals surface area contributed by atoms with Crippen LogP contribution >= 0.6 is 12.2 Å². The van der Waals surface area contributed by atoms with Gasteiger partial charge in [0.2, 0.25) is 15.9 Å². The number of carbonyl (C=O) groups excluding carboxylic acids is 1. The van der Waals surface area contributed by atoms with Gasteiger partial charge >= 0.3 is 0 Å². The van der Waals surface area contributed by atoms with Gasteiger partial charge in [0.05, 0.1) is 4.90 Å². The lowest BCUT2D eigenvalue weighted by Crippen LogP contribution is -2.33. The van der Waals surface area contributed by atoms with E-state index < -0.39 is 10.0 Å². The summed E-state index contributed by atoms with van der Waals surface area (Å²) in [4.78, 5) is 12.0. The minimum absolute atomic E-state index is 0.110. The summed E-state index contributed by atoms with van der Waals surface area (Å²) in [5.41, 5.74) is 0.617. The van der Waals surface area contributed by atoms with E-state index >= 15 is 0 Å². The van der Waals surface area contributed by atoms with Crippen LogP contribution in [0.15, 0.2) is 29.2 Å². The Kier molecular flexibility index (Phi) is 9.02. The van der Waals surface area contributed by atoms with Gasteiger partial charge in [-0.3, -0.25) is 4.79 Å². The van der Waals surface area contributed by atoms with Crippen molar-refractivity contribution in [3.63, 3.8) is 0 Å². The molecule has 0 radical (unpaired) electrons. The highest BCUT2D eigenvalue weighted by atomic mass is 32.2. The van der Waals surface area contributed by atoms with Gasteiger partial charge in [0, 0.05) is 26.2 Å². The molecule has 0 aromatic heterocycles. The fraction of sp³-hybridized carbons (Fsp3) is 0.529. The van der Waals surface area contributed by atoms with Crippen molar-refractivity contribution < 1.29 is 13.2 Å². The first-order valence-corrected chi connectivity index (χ1v) is 10.3. The van der Waals surface area contributed by atoms with Gasteiger partial charge in [0.25, 0.3) is 0 Å². The van der Waals surface area contributed by atoms with Gasteiger partial charge in [-0.15, -0.1) is 0 Å². The SMILES string of the molecule is CCCCCCCC(=O)NC(=S)Nc1ccc(S(=O)(=O)N(C)C)cc1. The Labute approximate surface area is 156 Å². The van der Waals surface area contributed by atoms with Gasteiger partial charge in [-0.1, -0.05) is 32.6 Å². The first kappa shape index (κ1) is 21.5. The Bertz CT molecular complexity index is 671. The van der Waals surface area contributed by atoms with Crippen LogP contribution < -0.4 is 10.6 Å². The van der Waals surface area contributed by atoms with Gasteiger partial charge in [0.15, 0.2) is 5.11 Å². The fourth-order valence-electron chi connectivity index (χ4n) is 2.16. The normalized spacial score (nSPS) is 11.4. The monoisotopic (exact) mass is 385 g/mol. The number of rotatable bonds is 9. The number of nitrogens with zero attached hydrogens (tertiary/aromatic N) is 1. The number of amides is 1. The van der Waals surface area contributed by atoms with Crippen molar-refractivity contribution in [2.45, 2.75) is 50.3 Å². The number of benzene rings is 1. The van der Waals surface area contributed by atoms with Crippen molar-refractivity contribution in [3.05, 3.63) is 24.3 Å². The minimum atomic E-state index is -3.46. The summed E-state index contributed by atoms with van der Waals surface area (Å²) in [6.07, 6.45) is 5.87. The van der Waals surface area contributed by atoms with Gasteiger partial charge in [-0.05, 0) is 42.9 Å². The number of thiocarbonyl (C=S) groups is 1. The molecule has 0 heterocycles. The number of carbonyl (C=O) groups is 1.